The number of nitriles is 1. The van der Waals surface area contributed by atoms with Gasteiger partial charge in [0.2, 0.25) is 0 Å². The van der Waals surface area contributed by atoms with Crippen molar-refractivity contribution < 1.29 is 22.7 Å². The van der Waals surface area contributed by atoms with E-state index < -0.39 is 27.5 Å². The van der Waals surface area contributed by atoms with E-state index in [1.165, 1.54) is 29.4 Å². The van der Waals surface area contributed by atoms with Crippen LogP contribution in [0, 0.1) is 11.3 Å². The summed E-state index contributed by atoms with van der Waals surface area (Å²) in [5.41, 5.74) is 0.0479. The van der Waals surface area contributed by atoms with Crippen LogP contribution in [0.4, 0.5) is 10.6 Å². The van der Waals surface area contributed by atoms with Gasteiger partial charge in [0.15, 0.2) is 27.6 Å². The molecule has 0 N–H and O–H groups in total. The van der Waals surface area contributed by atoms with E-state index in [0.717, 1.165) is 7.11 Å². The van der Waals surface area contributed by atoms with Gasteiger partial charge in [-0.2, -0.15) is 5.26 Å². The Morgan fingerprint density at radius 1 is 1.36 bits per heavy atom. The molecule has 2 atom stereocenters. The van der Waals surface area contributed by atoms with Gasteiger partial charge in [0, 0.05) is 13.0 Å². The molecule has 1 aromatic carbocycles. The van der Waals surface area contributed by atoms with Crippen LogP contribution in [0.15, 0.2) is 41.6 Å². The van der Waals surface area contributed by atoms with E-state index in [1.807, 2.05) is 6.07 Å². The van der Waals surface area contributed by atoms with E-state index in [0.29, 0.717) is 0 Å². The Bertz CT molecular complexity index is 1040. The molecule has 1 aromatic heterocycles. The zero-order valence-corrected chi connectivity index (χ0v) is 16.2. The molecule has 9 nitrogen and oxygen atoms in total. The van der Waals surface area contributed by atoms with Crippen LogP contribution < -0.4 is 4.90 Å². The number of carbonyl (C=O) groups excluding carboxylic acids is 1. The second-order valence-corrected chi connectivity index (χ2v) is 8.49. The fourth-order valence-electron chi connectivity index (χ4n) is 2.90. The maximum Gasteiger partial charge on any atom is 0.509 e. The fourth-order valence-corrected chi connectivity index (χ4v) is 5.10. The lowest BCUT2D eigenvalue weighted by Crippen LogP contribution is -2.34. The number of ether oxygens (including phenoxy) is 2. The Kier molecular flexibility index (Phi) is 5.67. The van der Waals surface area contributed by atoms with Crippen molar-refractivity contribution in [2.45, 2.75) is 22.8 Å². The zero-order valence-electron chi connectivity index (χ0n) is 14.6. The van der Waals surface area contributed by atoms with Gasteiger partial charge in [0.05, 0.1) is 34.7 Å². The van der Waals surface area contributed by atoms with Crippen LogP contribution >= 0.6 is 11.6 Å². The summed E-state index contributed by atoms with van der Waals surface area (Å²) in [5.74, 6) is 0.213. The predicted octanol–water partition coefficient (Wildman–Crippen LogP) is 2.16. The SMILES string of the molecule is COC(=O)O[C@H]1C[C@H](S(=O)(=O)c2ccccc2Cl)CN1c1cncc(C#N)n1. The summed E-state index contributed by atoms with van der Waals surface area (Å²) in [6.07, 6.45) is 0.682. The normalized spacial score (nSPS) is 19.1. The minimum Gasteiger partial charge on any atom is -0.438 e. The van der Waals surface area contributed by atoms with Crippen molar-refractivity contribution in [1.82, 2.24) is 9.97 Å². The van der Waals surface area contributed by atoms with Crippen molar-refractivity contribution in [2.24, 2.45) is 0 Å². The van der Waals surface area contributed by atoms with Crippen LogP contribution in [0.25, 0.3) is 0 Å². The summed E-state index contributed by atoms with van der Waals surface area (Å²) in [5, 5.41) is 8.22. The maximum absolute atomic E-state index is 13.1. The largest absolute Gasteiger partial charge is 0.509 e. The van der Waals surface area contributed by atoms with E-state index in [-0.39, 0.29) is 34.4 Å². The van der Waals surface area contributed by atoms with Gasteiger partial charge in [-0.15, -0.1) is 0 Å². The lowest BCUT2D eigenvalue weighted by Gasteiger charge is -2.24. The van der Waals surface area contributed by atoms with Crippen LogP contribution in [0.1, 0.15) is 12.1 Å². The molecule has 1 aliphatic rings. The highest BCUT2D eigenvalue weighted by atomic mass is 35.5. The number of anilines is 1. The number of methoxy groups -OCH3 is 1. The minimum atomic E-state index is -3.82. The van der Waals surface area contributed by atoms with Crippen molar-refractivity contribution in [2.75, 3.05) is 18.6 Å². The van der Waals surface area contributed by atoms with Crippen molar-refractivity contribution in [3.8, 4) is 6.07 Å². The summed E-state index contributed by atoms with van der Waals surface area (Å²) in [6.45, 7) is -0.0290. The molecule has 0 unspecified atom stereocenters. The molecule has 3 rings (SSSR count). The quantitative estimate of drug-likeness (QED) is 0.681. The van der Waals surface area contributed by atoms with Gasteiger partial charge in [0.25, 0.3) is 0 Å². The highest BCUT2D eigenvalue weighted by Gasteiger charge is 2.43. The lowest BCUT2D eigenvalue weighted by molar-refractivity contribution is 0.0405. The Hall–Kier alpha value is -2.90. The smallest absolute Gasteiger partial charge is 0.438 e. The van der Waals surface area contributed by atoms with E-state index >= 15 is 0 Å². The third-order valence-corrected chi connectivity index (χ3v) is 6.85. The zero-order chi connectivity index (χ0) is 20.3. The number of rotatable bonds is 4. The van der Waals surface area contributed by atoms with Crippen LogP contribution in [0.5, 0.6) is 0 Å². The van der Waals surface area contributed by atoms with Crippen molar-refractivity contribution >= 4 is 33.4 Å². The molecule has 0 spiro atoms. The highest BCUT2D eigenvalue weighted by molar-refractivity contribution is 7.92. The second-order valence-electron chi connectivity index (χ2n) is 5.89. The summed E-state index contributed by atoms with van der Waals surface area (Å²) < 4.78 is 35.9. The fraction of sp³-hybridized carbons (Fsp3) is 0.294. The molecule has 0 bridgehead atoms. The third kappa shape index (κ3) is 3.85. The predicted molar refractivity (Wildman–Crippen MR) is 98.4 cm³/mol. The molecule has 0 radical (unpaired) electrons. The number of halogens is 1. The summed E-state index contributed by atoms with van der Waals surface area (Å²) in [6, 6.07) is 7.99. The molecular formula is C17H15ClN4O5S. The van der Waals surface area contributed by atoms with Crippen molar-refractivity contribution in [1.29, 1.82) is 5.26 Å². The van der Waals surface area contributed by atoms with Gasteiger partial charge >= 0.3 is 6.16 Å². The second kappa shape index (κ2) is 8.00. The number of hydrogen-bond donors (Lipinski definition) is 0. The molecule has 0 amide bonds. The van der Waals surface area contributed by atoms with Gasteiger partial charge in [0.1, 0.15) is 6.07 Å². The highest BCUT2D eigenvalue weighted by Crippen LogP contribution is 2.33. The van der Waals surface area contributed by atoms with Crippen LogP contribution in [-0.2, 0) is 19.3 Å². The first-order chi connectivity index (χ1) is 13.4. The first-order valence-corrected chi connectivity index (χ1v) is 10.0. The molecule has 2 aromatic rings. The number of hydrogen-bond acceptors (Lipinski definition) is 9. The summed E-state index contributed by atoms with van der Waals surface area (Å²) >= 11 is 6.07. The summed E-state index contributed by atoms with van der Waals surface area (Å²) in [4.78, 5) is 21.1. The lowest BCUT2D eigenvalue weighted by atomic mass is 10.3. The molecular weight excluding hydrogens is 408 g/mol. The summed E-state index contributed by atoms with van der Waals surface area (Å²) in [7, 11) is -2.67. The van der Waals surface area contributed by atoms with Gasteiger partial charge in [-0.05, 0) is 12.1 Å². The number of aromatic nitrogens is 2. The van der Waals surface area contributed by atoms with Gasteiger partial charge in [-0.25, -0.2) is 18.2 Å². The Labute approximate surface area is 166 Å². The van der Waals surface area contributed by atoms with E-state index in [1.54, 1.807) is 12.1 Å². The van der Waals surface area contributed by atoms with Crippen LogP contribution in [0.3, 0.4) is 0 Å². The number of benzene rings is 1. The Balaban J connectivity index is 1.97. The van der Waals surface area contributed by atoms with Crippen LogP contribution in [-0.4, -0.2) is 49.7 Å². The number of carbonyl (C=O) groups is 1. The Morgan fingerprint density at radius 3 is 2.79 bits per heavy atom. The molecule has 146 valence electrons. The minimum absolute atomic E-state index is 0.00260. The number of nitrogens with zero attached hydrogens (tertiary/aromatic N) is 4. The Morgan fingerprint density at radius 2 is 2.11 bits per heavy atom. The van der Waals surface area contributed by atoms with Crippen molar-refractivity contribution in [3.63, 3.8) is 0 Å². The standard InChI is InChI=1S/C17H15ClN4O5S/c1-26-17(23)27-16-6-12(28(24,25)14-5-3-2-4-13(14)18)10-22(16)15-9-20-8-11(7-19)21-15/h2-5,8-9,12,16H,6,10H2,1H3/t12-,16-/m0/s1. The molecule has 11 heteroatoms. The molecule has 1 saturated heterocycles. The first-order valence-electron chi connectivity index (χ1n) is 8.08. The molecule has 0 saturated carbocycles. The van der Waals surface area contributed by atoms with Crippen LogP contribution in [0.2, 0.25) is 5.02 Å². The third-order valence-electron chi connectivity index (χ3n) is 4.22. The number of sulfone groups is 1. The monoisotopic (exact) mass is 422 g/mol. The maximum atomic E-state index is 13.1. The molecule has 2 heterocycles. The van der Waals surface area contributed by atoms with E-state index in [9.17, 15) is 13.2 Å². The molecule has 1 aliphatic heterocycles. The van der Waals surface area contributed by atoms with E-state index in [2.05, 4.69) is 14.7 Å². The topological polar surface area (TPSA) is 122 Å². The average Bonchev–Trinajstić information content (AvgIpc) is 3.12. The van der Waals surface area contributed by atoms with Gasteiger partial charge in [-0.3, -0.25) is 4.98 Å². The first kappa shape index (κ1) is 19.9. The molecule has 28 heavy (non-hydrogen) atoms. The molecule has 0 aliphatic carbocycles. The van der Waals surface area contributed by atoms with Crippen molar-refractivity contribution in [3.05, 3.63) is 47.4 Å². The average molecular weight is 423 g/mol. The molecule has 1 fully saturated rings. The van der Waals surface area contributed by atoms with Gasteiger partial charge in [-0.1, -0.05) is 23.7 Å². The van der Waals surface area contributed by atoms with Gasteiger partial charge < -0.3 is 14.4 Å². The van der Waals surface area contributed by atoms with E-state index in [4.69, 9.17) is 21.6 Å².